The molecule has 10 heteroatoms. The van der Waals surface area contributed by atoms with Crippen LogP contribution in [-0.4, -0.2) is 98.9 Å². The van der Waals surface area contributed by atoms with Gasteiger partial charge in [-0.25, -0.2) is 4.79 Å². The fourth-order valence-electron chi connectivity index (χ4n) is 3.36. The van der Waals surface area contributed by atoms with E-state index in [1.165, 1.54) is 4.90 Å². The van der Waals surface area contributed by atoms with E-state index in [-0.39, 0.29) is 12.0 Å². The van der Waals surface area contributed by atoms with Crippen LogP contribution in [0.15, 0.2) is 4.99 Å². The summed E-state index contributed by atoms with van der Waals surface area (Å²) in [6, 6.07) is 0. The predicted octanol–water partition coefficient (Wildman–Crippen LogP) is 1.22. The minimum Gasteiger partial charge on any atom is -0.450 e. The molecule has 1 unspecified atom stereocenters. The molecule has 2 saturated heterocycles. The Bertz CT molecular complexity index is 493. The number of guanidine groups is 1. The average molecular weight is 379 g/mol. The van der Waals surface area contributed by atoms with Crippen LogP contribution in [0.2, 0.25) is 0 Å². The molecule has 0 aromatic carbocycles. The zero-order valence-electron chi connectivity index (χ0n) is 15.4. The molecule has 2 aliphatic heterocycles. The van der Waals surface area contributed by atoms with Crippen LogP contribution < -0.4 is 5.32 Å². The Morgan fingerprint density at radius 2 is 1.85 bits per heavy atom. The molecule has 7 nitrogen and oxygen atoms in total. The third-order valence-electron chi connectivity index (χ3n) is 4.64. The van der Waals surface area contributed by atoms with Crippen molar-refractivity contribution < 1.29 is 22.7 Å². The Labute approximate surface area is 152 Å². The molecule has 2 heterocycles. The van der Waals surface area contributed by atoms with Gasteiger partial charge in [-0.3, -0.25) is 9.89 Å². The largest absolute Gasteiger partial charge is 0.450 e. The van der Waals surface area contributed by atoms with Gasteiger partial charge in [0.1, 0.15) is 0 Å². The number of aliphatic imine (C=N–C) groups is 1. The first-order valence-electron chi connectivity index (χ1n) is 8.98. The summed E-state index contributed by atoms with van der Waals surface area (Å²) in [5, 5.41) is 3.27. The first-order chi connectivity index (χ1) is 12.3. The van der Waals surface area contributed by atoms with Gasteiger partial charge < -0.3 is 19.9 Å². The van der Waals surface area contributed by atoms with Crippen LogP contribution >= 0.6 is 0 Å². The van der Waals surface area contributed by atoms with E-state index in [4.69, 9.17) is 4.74 Å². The summed E-state index contributed by atoms with van der Waals surface area (Å²) in [6.45, 7) is 5.21. The number of hydrogen-bond donors (Lipinski definition) is 1. The summed E-state index contributed by atoms with van der Waals surface area (Å²) in [7, 11) is 1.69. The van der Waals surface area contributed by atoms with E-state index in [1.807, 2.05) is 0 Å². The number of ether oxygens (including phenoxy) is 1. The number of nitrogens with zero attached hydrogens (tertiary/aromatic N) is 4. The van der Waals surface area contributed by atoms with Crippen molar-refractivity contribution >= 4 is 12.1 Å². The third-order valence-corrected chi connectivity index (χ3v) is 4.64. The van der Waals surface area contributed by atoms with Crippen LogP contribution in [0.3, 0.4) is 0 Å². The maximum absolute atomic E-state index is 12.5. The van der Waals surface area contributed by atoms with Crippen molar-refractivity contribution in [1.82, 2.24) is 20.0 Å². The normalized spacial score (nSPS) is 22.7. The first-order valence-corrected chi connectivity index (χ1v) is 8.98. The van der Waals surface area contributed by atoms with E-state index in [0.29, 0.717) is 52.4 Å². The topological polar surface area (TPSA) is 60.4 Å². The van der Waals surface area contributed by atoms with Gasteiger partial charge in [0.25, 0.3) is 0 Å². The molecule has 26 heavy (non-hydrogen) atoms. The van der Waals surface area contributed by atoms with Crippen molar-refractivity contribution in [3.63, 3.8) is 0 Å². The predicted molar refractivity (Wildman–Crippen MR) is 92.1 cm³/mol. The zero-order valence-corrected chi connectivity index (χ0v) is 15.4. The Hall–Kier alpha value is -1.71. The maximum Gasteiger partial charge on any atom is 0.409 e. The molecule has 0 spiro atoms. The van der Waals surface area contributed by atoms with E-state index in [2.05, 4.69) is 15.2 Å². The number of halogens is 3. The Morgan fingerprint density at radius 3 is 2.42 bits per heavy atom. The molecule has 1 N–H and O–H groups in total. The van der Waals surface area contributed by atoms with Crippen LogP contribution in [0.25, 0.3) is 0 Å². The Kier molecular flexibility index (Phi) is 7.36. The summed E-state index contributed by atoms with van der Waals surface area (Å²) in [5.74, 6) is 0.901. The average Bonchev–Trinajstić information content (AvgIpc) is 3.01. The number of carbonyl (C=O) groups is 1. The van der Waals surface area contributed by atoms with E-state index in [9.17, 15) is 18.0 Å². The quantitative estimate of drug-likeness (QED) is 0.588. The standard InChI is InChI=1S/C16H28F3N5O2/c1-3-26-15(25)24-8-6-23(7-9-24)14(20-2)21-10-13-4-5-22(11-13)12-16(17,18)19/h13H,3-12H2,1-2H3,(H,20,21). The molecule has 0 radical (unpaired) electrons. The maximum atomic E-state index is 12.5. The van der Waals surface area contributed by atoms with Crippen molar-refractivity contribution in [2.75, 3.05) is 66.0 Å². The van der Waals surface area contributed by atoms with Crippen LogP contribution in [0, 0.1) is 5.92 Å². The fourth-order valence-corrected chi connectivity index (χ4v) is 3.36. The van der Waals surface area contributed by atoms with Gasteiger partial charge in [0, 0.05) is 46.3 Å². The third kappa shape index (κ3) is 6.22. The summed E-state index contributed by atoms with van der Waals surface area (Å²) in [5.41, 5.74) is 0. The van der Waals surface area contributed by atoms with E-state index >= 15 is 0 Å². The minimum atomic E-state index is -4.14. The number of piperazine rings is 1. The smallest absolute Gasteiger partial charge is 0.409 e. The lowest BCUT2D eigenvalue weighted by molar-refractivity contribution is -0.143. The molecule has 2 aliphatic rings. The number of likely N-dealkylation sites (tertiary alicyclic amines) is 1. The minimum absolute atomic E-state index is 0.176. The van der Waals surface area contributed by atoms with Gasteiger partial charge in [0.2, 0.25) is 0 Å². The van der Waals surface area contributed by atoms with E-state index < -0.39 is 12.7 Å². The number of amides is 1. The highest BCUT2D eigenvalue weighted by atomic mass is 19.4. The van der Waals surface area contributed by atoms with Gasteiger partial charge >= 0.3 is 12.3 Å². The zero-order chi connectivity index (χ0) is 19.2. The number of hydrogen-bond acceptors (Lipinski definition) is 4. The Morgan fingerprint density at radius 1 is 1.19 bits per heavy atom. The molecule has 2 rings (SSSR count). The van der Waals surface area contributed by atoms with E-state index in [1.54, 1.807) is 18.9 Å². The highest BCUT2D eigenvalue weighted by molar-refractivity contribution is 5.80. The second-order valence-electron chi connectivity index (χ2n) is 6.61. The van der Waals surface area contributed by atoms with Gasteiger partial charge in [0.05, 0.1) is 13.2 Å². The summed E-state index contributed by atoms with van der Waals surface area (Å²) in [6.07, 6.45) is -3.70. The number of carbonyl (C=O) groups excluding carboxylic acids is 1. The molecule has 0 saturated carbocycles. The Balaban J connectivity index is 1.73. The number of rotatable bonds is 4. The molecule has 2 fully saturated rings. The van der Waals surface area contributed by atoms with Crippen LogP contribution in [0.1, 0.15) is 13.3 Å². The highest BCUT2D eigenvalue weighted by Gasteiger charge is 2.34. The highest BCUT2D eigenvalue weighted by Crippen LogP contribution is 2.22. The van der Waals surface area contributed by atoms with Crippen molar-refractivity contribution in [2.45, 2.75) is 19.5 Å². The molecular weight excluding hydrogens is 351 g/mol. The van der Waals surface area contributed by atoms with Gasteiger partial charge in [-0.15, -0.1) is 0 Å². The SMILES string of the molecule is CCOC(=O)N1CCN(C(=NC)NCC2CCN(CC(F)(F)F)C2)CC1. The fraction of sp³-hybridized carbons (Fsp3) is 0.875. The number of nitrogens with one attached hydrogen (secondary N) is 1. The van der Waals surface area contributed by atoms with Crippen molar-refractivity contribution in [3.05, 3.63) is 0 Å². The van der Waals surface area contributed by atoms with Crippen molar-refractivity contribution in [2.24, 2.45) is 10.9 Å². The summed E-state index contributed by atoms with van der Waals surface area (Å²) in [4.78, 5) is 21.2. The van der Waals surface area contributed by atoms with Crippen LogP contribution in [0.4, 0.5) is 18.0 Å². The monoisotopic (exact) mass is 379 g/mol. The molecular formula is C16H28F3N5O2. The van der Waals surface area contributed by atoms with Crippen LogP contribution in [-0.2, 0) is 4.74 Å². The van der Waals surface area contributed by atoms with Crippen molar-refractivity contribution in [3.8, 4) is 0 Å². The van der Waals surface area contributed by atoms with Crippen LogP contribution in [0.5, 0.6) is 0 Å². The lowest BCUT2D eigenvalue weighted by Crippen LogP contribution is -2.54. The van der Waals surface area contributed by atoms with Crippen molar-refractivity contribution in [1.29, 1.82) is 0 Å². The molecule has 150 valence electrons. The molecule has 0 aromatic heterocycles. The molecule has 0 aromatic rings. The lowest BCUT2D eigenvalue weighted by atomic mass is 10.1. The molecule has 0 bridgehead atoms. The number of alkyl halides is 3. The second kappa shape index (κ2) is 9.29. The van der Waals surface area contributed by atoms with Gasteiger partial charge in [-0.05, 0) is 25.8 Å². The van der Waals surface area contributed by atoms with Gasteiger partial charge in [0.15, 0.2) is 5.96 Å². The first kappa shape index (κ1) is 20.6. The summed E-state index contributed by atoms with van der Waals surface area (Å²) < 4.78 is 42.4. The van der Waals surface area contributed by atoms with Gasteiger partial charge in [-0.1, -0.05) is 0 Å². The molecule has 1 atom stereocenters. The molecule has 1 amide bonds. The van der Waals surface area contributed by atoms with Gasteiger partial charge in [-0.2, -0.15) is 13.2 Å². The molecule has 0 aliphatic carbocycles. The van der Waals surface area contributed by atoms with E-state index in [0.717, 1.165) is 12.4 Å². The lowest BCUT2D eigenvalue weighted by Gasteiger charge is -2.36. The summed E-state index contributed by atoms with van der Waals surface area (Å²) >= 11 is 0. The second-order valence-corrected chi connectivity index (χ2v) is 6.61.